The molecule has 1 fully saturated rings. The fourth-order valence-corrected chi connectivity index (χ4v) is 3.32. The van der Waals surface area contributed by atoms with Crippen LogP contribution in [-0.4, -0.2) is 18.5 Å². The molecule has 3 nitrogen and oxygen atoms in total. The third-order valence-electron chi connectivity index (χ3n) is 3.28. The second-order valence-corrected chi connectivity index (χ2v) is 6.51. The van der Waals surface area contributed by atoms with Crippen LogP contribution in [-0.2, 0) is 4.79 Å². The molecule has 2 N–H and O–H groups in total. The van der Waals surface area contributed by atoms with E-state index in [0.717, 1.165) is 22.2 Å². The van der Waals surface area contributed by atoms with Crippen LogP contribution in [0.4, 0.5) is 0 Å². The minimum Gasteiger partial charge on any atom is -0.349 e. The monoisotopic (exact) mass is 322 g/mol. The molecule has 2 unspecified atom stereocenters. The Morgan fingerprint density at radius 2 is 2.42 bits per heavy atom. The first-order valence-corrected chi connectivity index (χ1v) is 7.62. The molecule has 0 aliphatic carbocycles. The van der Waals surface area contributed by atoms with E-state index in [2.05, 4.69) is 10.6 Å². The largest absolute Gasteiger partial charge is 0.349 e. The van der Waals surface area contributed by atoms with E-state index in [1.165, 1.54) is 24.2 Å². The Bertz CT molecular complexity index is 405. The van der Waals surface area contributed by atoms with Gasteiger partial charge in [-0.15, -0.1) is 23.7 Å². The maximum Gasteiger partial charge on any atom is 0.220 e. The normalized spacial score (nSPS) is 19.8. The number of halogens is 2. The van der Waals surface area contributed by atoms with Crippen LogP contribution in [0.1, 0.15) is 43.5 Å². The van der Waals surface area contributed by atoms with Gasteiger partial charge in [-0.25, -0.2) is 0 Å². The van der Waals surface area contributed by atoms with Crippen LogP contribution >= 0.6 is 35.3 Å². The minimum absolute atomic E-state index is 0. The van der Waals surface area contributed by atoms with Gasteiger partial charge in [0, 0.05) is 17.3 Å². The zero-order chi connectivity index (χ0) is 13.0. The number of rotatable bonds is 5. The molecule has 0 bridgehead atoms. The smallest absolute Gasteiger partial charge is 0.220 e. The van der Waals surface area contributed by atoms with E-state index in [9.17, 15) is 4.79 Å². The van der Waals surface area contributed by atoms with Gasteiger partial charge in [-0.05, 0) is 44.9 Å². The summed E-state index contributed by atoms with van der Waals surface area (Å²) >= 11 is 7.41. The van der Waals surface area contributed by atoms with Gasteiger partial charge in [0.25, 0.3) is 0 Å². The number of hydrogen-bond donors (Lipinski definition) is 2. The Kier molecular flexibility index (Phi) is 7.15. The lowest BCUT2D eigenvalue weighted by atomic mass is 10.1. The van der Waals surface area contributed by atoms with Crippen LogP contribution in [0.5, 0.6) is 0 Å². The molecular weight excluding hydrogens is 303 g/mol. The first-order valence-electron chi connectivity index (χ1n) is 6.43. The van der Waals surface area contributed by atoms with Crippen molar-refractivity contribution in [3.05, 3.63) is 21.3 Å². The van der Waals surface area contributed by atoms with Crippen molar-refractivity contribution in [2.75, 3.05) is 6.54 Å². The van der Waals surface area contributed by atoms with Crippen molar-refractivity contribution in [3.63, 3.8) is 0 Å². The Labute approximate surface area is 129 Å². The van der Waals surface area contributed by atoms with E-state index in [1.54, 1.807) is 0 Å². The SMILES string of the molecule is CC(NC(=O)CCC1CCCN1)c1ccc(Cl)s1.Cl. The molecule has 1 aromatic rings. The molecule has 6 heteroatoms. The molecule has 0 radical (unpaired) electrons. The second kappa shape index (κ2) is 8.10. The Morgan fingerprint density at radius 1 is 1.63 bits per heavy atom. The maximum atomic E-state index is 11.8. The zero-order valence-corrected chi connectivity index (χ0v) is 13.3. The quantitative estimate of drug-likeness (QED) is 0.870. The first kappa shape index (κ1) is 16.8. The summed E-state index contributed by atoms with van der Waals surface area (Å²) in [5.74, 6) is 0.126. The Hall–Kier alpha value is -0.290. The fraction of sp³-hybridized carbons (Fsp3) is 0.615. The van der Waals surface area contributed by atoms with E-state index in [-0.39, 0.29) is 24.4 Å². The zero-order valence-electron chi connectivity index (χ0n) is 10.9. The van der Waals surface area contributed by atoms with E-state index in [0.29, 0.717) is 12.5 Å². The summed E-state index contributed by atoms with van der Waals surface area (Å²) in [4.78, 5) is 12.9. The van der Waals surface area contributed by atoms with Crippen molar-refractivity contribution in [3.8, 4) is 0 Å². The molecule has 108 valence electrons. The molecule has 19 heavy (non-hydrogen) atoms. The third-order valence-corrected chi connectivity index (χ3v) is 4.69. The topological polar surface area (TPSA) is 41.1 Å². The van der Waals surface area contributed by atoms with Crippen molar-refractivity contribution >= 4 is 41.3 Å². The number of carbonyl (C=O) groups excluding carboxylic acids is 1. The van der Waals surface area contributed by atoms with Gasteiger partial charge in [0.15, 0.2) is 0 Å². The van der Waals surface area contributed by atoms with Crippen molar-refractivity contribution in [1.29, 1.82) is 0 Å². The Morgan fingerprint density at radius 3 is 3.00 bits per heavy atom. The van der Waals surface area contributed by atoms with Gasteiger partial charge in [0.1, 0.15) is 0 Å². The van der Waals surface area contributed by atoms with Crippen molar-refractivity contribution in [2.45, 2.75) is 44.7 Å². The van der Waals surface area contributed by atoms with Gasteiger partial charge in [-0.2, -0.15) is 0 Å². The standard InChI is InChI=1S/C13H19ClN2OS.ClH/c1-9(11-5-6-12(14)18-11)16-13(17)7-4-10-3-2-8-15-10;/h5-6,9-10,15H,2-4,7-8H2,1H3,(H,16,17);1H. The van der Waals surface area contributed by atoms with Gasteiger partial charge in [-0.1, -0.05) is 11.6 Å². The Balaban J connectivity index is 0.00000180. The average molecular weight is 323 g/mol. The highest BCUT2D eigenvalue weighted by Gasteiger charge is 2.16. The molecule has 1 aliphatic rings. The van der Waals surface area contributed by atoms with Crippen LogP contribution in [0, 0.1) is 0 Å². The summed E-state index contributed by atoms with van der Waals surface area (Å²) in [7, 11) is 0. The van der Waals surface area contributed by atoms with Crippen LogP contribution in [0.2, 0.25) is 4.34 Å². The average Bonchev–Trinajstić information content (AvgIpc) is 2.97. The number of hydrogen-bond acceptors (Lipinski definition) is 3. The molecule has 0 saturated carbocycles. The number of carbonyl (C=O) groups is 1. The highest BCUT2D eigenvalue weighted by Crippen LogP contribution is 2.26. The molecule has 2 atom stereocenters. The van der Waals surface area contributed by atoms with Crippen LogP contribution in [0.25, 0.3) is 0 Å². The van der Waals surface area contributed by atoms with E-state index < -0.39 is 0 Å². The van der Waals surface area contributed by atoms with Crippen molar-refractivity contribution in [2.24, 2.45) is 0 Å². The fourth-order valence-electron chi connectivity index (χ4n) is 2.25. The summed E-state index contributed by atoms with van der Waals surface area (Å²) < 4.78 is 0.765. The van der Waals surface area contributed by atoms with Gasteiger partial charge in [0.2, 0.25) is 5.91 Å². The van der Waals surface area contributed by atoms with Crippen LogP contribution in [0.3, 0.4) is 0 Å². The molecular formula is C13H20Cl2N2OS. The lowest BCUT2D eigenvalue weighted by Crippen LogP contribution is -2.29. The summed E-state index contributed by atoms with van der Waals surface area (Å²) in [6.07, 6.45) is 3.96. The van der Waals surface area contributed by atoms with Gasteiger partial charge >= 0.3 is 0 Å². The molecule has 2 heterocycles. The van der Waals surface area contributed by atoms with Gasteiger partial charge in [-0.3, -0.25) is 4.79 Å². The van der Waals surface area contributed by atoms with E-state index in [4.69, 9.17) is 11.6 Å². The first-order chi connectivity index (χ1) is 8.65. The predicted molar refractivity (Wildman–Crippen MR) is 83.4 cm³/mol. The minimum atomic E-state index is 0. The molecule has 1 saturated heterocycles. The number of thiophene rings is 1. The highest BCUT2D eigenvalue weighted by atomic mass is 35.5. The van der Waals surface area contributed by atoms with E-state index >= 15 is 0 Å². The maximum absolute atomic E-state index is 11.8. The second-order valence-electron chi connectivity index (χ2n) is 4.76. The summed E-state index contributed by atoms with van der Waals surface area (Å²) in [6, 6.07) is 4.41. The summed E-state index contributed by atoms with van der Waals surface area (Å²) in [6.45, 7) is 3.09. The molecule has 0 aromatic carbocycles. The van der Waals surface area contributed by atoms with Gasteiger partial charge < -0.3 is 10.6 Å². The van der Waals surface area contributed by atoms with Crippen LogP contribution < -0.4 is 10.6 Å². The molecule has 1 aliphatic heterocycles. The van der Waals surface area contributed by atoms with Crippen molar-refractivity contribution in [1.82, 2.24) is 10.6 Å². The lowest BCUT2D eigenvalue weighted by Gasteiger charge is -2.14. The molecule has 1 amide bonds. The lowest BCUT2D eigenvalue weighted by molar-refractivity contribution is -0.121. The van der Waals surface area contributed by atoms with Gasteiger partial charge in [0.05, 0.1) is 10.4 Å². The van der Waals surface area contributed by atoms with E-state index in [1.807, 2.05) is 19.1 Å². The predicted octanol–water partition coefficient (Wildman–Crippen LogP) is 3.53. The summed E-state index contributed by atoms with van der Waals surface area (Å²) in [5.41, 5.74) is 0. The number of nitrogens with one attached hydrogen (secondary N) is 2. The van der Waals surface area contributed by atoms with Crippen molar-refractivity contribution < 1.29 is 4.79 Å². The number of amides is 1. The molecule has 0 spiro atoms. The highest BCUT2D eigenvalue weighted by molar-refractivity contribution is 7.16. The third kappa shape index (κ3) is 5.30. The summed E-state index contributed by atoms with van der Waals surface area (Å²) in [5, 5.41) is 6.42. The molecule has 1 aromatic heterocycles. The van der Waals surface area contributed by atoms with Crippen LogP contribution in [0.15, 0.2) is 12.1 Å². The molecule has 2 rings (SSSR count).